The van der Waals surface area contributed by atoms with Gasteiger partial charge in [-0.2, -0.15) is 0 Å². The summed E-state index contributed by atoms with van der Waals surface area (Å²) in [5, 5.41) is 24.3. The molecule has 0 heterocycles. The Morgan fingerprint density at radius 1 is 1.29 bits per heavy atom. The number of rotatable bonds is 5. The Hall–Kier alpha value is -1.75. The van der Waals surface area contributed by atoms with Crippen molar-refractivity contribution in [2.24, 2.45) is 0 Å². The van der Waals surface area contributed by atoms with Crippen LogP contribution in [0.5, 0.6) is 11.5 Å². The standard InChI is InChI=1S/C12H16N2O3/c15-10-4-1-8(5-11(10)16)6-13-7-12(17)14-9-2-3-9/h1,4-5,9,13,15-16H,2-3,6-7H2,(H,14,17). The lowest BCUT2D eigenvalue weighted by molar-refractivity contribution is -0.120. The van der Waals surface area contributed by atoms with Gasteiger partial charge in [-0.25, -0.2) is 0 Å². The number of hydrogen-bond acceptors (Lipinski definition) is 4. The highest BCUT2D eigenvalue weighted by Crippen LogP contribution is 2.24. The van der Waals surface area contributed by atoms with E-state index in [1.807, 2.05) is 0 Å². The van der Waals surface area contributed by atoms with Gasteiger partial charge in [-0.3, -0.25) is 4.79 Å². The third kappa shape index (κ3) is 3.64. The van der Waals surface area contributed by atoms with Gasteiger partial charge in [0.1, 0.15) is 0 Å². The Morgan fingerprint density at radius 3 is 2.71 bits per heavy atom. The van der Waals surface area contributed by atoms with Crippen LogP contribution in [0, 0.1) is 0 Å². The zero-order valence-electron chi connectivity index (χ0n) is 9.44. The second kappa shape index (κ2) is 5.05. The van der Waals surface area contributed by atoms with E-state index in [1.54, 1.807) is 6.07 Å². The van der Waals surface area contributed by atoms with Gasteiger partial charge in [-0.15, -0.1) is 0 Å². The van der Waals surface area contributed by atoms with Gasteiger partial charge in [-0.1, -0.05) is 6.07 Å². The average Bonchev–Trinajstić information content (AvgIpc) is 3.07. The first-order valence-electron chi connectivity index (χ1n) is 5.66. The zero-order valence-corrected chi connectivity index (χ0v) is 9.44. The molecule has 1 amide bonds. The van der Waals surface area contributed by atoms with Crippen LogP contribution in [0.3, 0.4) is 0 Å². The van der Waals surface area contributed by atoms with Gasteiger partial charge in [0.25, 0.3) is 0 Å². The van der Waals surface area contributed by atoms with E-state index in [1.165, 1.54) is 12.1 Å². The highest BCUT2D eigenvalue weighted by Gasteiger charge is 2.22. The molecule has 0 unspecified atom stereocenters. The lowest BCUT2D eigenvalue weighted by atomic mass is 10.2. The van der Waals surface area contributed by atoms with Crippen molar-refractivity contribution in [2.75, 3.05) is 6.54 Å². The summed E-state index contributed by atoms with van der Waals surface area (Å²) in [6.45, 7) is 0.740. The molecule has 2 rings (SSSR count). The summed E-state index contributed by atoms with van der Waals surface area (Å²) >= 11 is 0. The molecule has 5 heteroatoms. The molecular formula is C12H16N2O3. The molecule has 4 N–H and O–H groups in total. The van der Waals surface area contributed by atoms with Crippen molar-refractivity contribution in [3.8, 4) is 11.5 Å². The van der Waals surface area contributed by atoms with Crippen molar-refractivity contribution in [1.29, 1.82) is 0 Å². The predicted molar refractivity (Wildman–Crippen MR) is 62.6 cm³/mol. The van der Waals surface area contributed by atoms with E-state index >= 15 is 0 Å². The Morgan fingerprint density at radius 2 is 2.06 bits per heavy atom. The van der Waals surface area contributed by atoms with Gasteiger partial charge in [0.05, 0.1) is 6.54 Å². The molecule has 1 saturated carbocycles. The van der Waals surface area contributed by atoms with Crippen molar-refractivity contribution in [1.82, 2.24) is 10.6 Å². The molecule has 1 fully saturated rings. The predicted octanol–water partition coefficient (Wildman–Crippen LogP) is 0.466. The van der Waals surface area contributed by atoms with Crippen molar-refractivity contribution in [3.63, 3.8) is 0 Å². The van der Waals surface area contributed by atoms with Crippen molar-refractivity contribution >= 4 is 5.91 Å². The molecule has 0 aromatic heterocycles. The van der Waals surface area contributed by atoms with Gasteiger partial charge in [0.15, 0.2) is 11.5 Å². The number of carbonyl (C=O) groups excluding carboxylic acids is 1. The Bertz CT molecular complexity index is 416. The fraction of sp³-hybridized carbons (Fsp3) is 0.417. The molecule has 1 aliphatic rings. The largest absolute Gasteiger partial charge is 0.504 e. The van der Waals surface area contributed by atoms with Crippen molar-refractivity contribution in [2.45, 2.75) is 25.4 Å². The van der Waals surface area contributed by atoms with Gasteiger partial charge in [0, 0.05) is 12.6 Å². The number of carbonyl (C=O) groups is 1. The summed E-state index contributed by atoms with van der Waals surface area (Å²) in [5.41, 5.74) is 0.819. The summed E-state index contributed by atoms with van der Waals surface area (Å²) in [6.07, 6.45) is 2.16. The second-order valence-corrected chi connectivity index (χ2v) is 4.27. The van der Waals surface area contributed by atoms with E-state index in [2.05, 4.69) is 10.6 Å². The van der Waals surface area contributed by atoms with Gasteiger partial charge >= 0.3 is 0 Å². The molecule has 0 radical (unpaired) electrons. The summed E-state index contributed by atoms with van der Waals surface area (Å²) in [4.78, 5) is 11.3. The minimum atomic E-state index is -0.147. The monoisotopic (exact) mass is 236 g/mol. The van der Waals surface area contributed by atoms with E-state index in [9.17, 15) is 9.90 Å². The molecule has 5 nitrogen and oxygen atoms in total. The Kier molecular flexibility index (Phi) is 3.49. The molecular weight excluding hydrogens is 220 g/mol. The first kappa shape index (κ1) is 11.7. The molecule has 0 saturated heterocycles. The smallest absolute Gasteiger partial charge is 0.234 e. The van der Waals surface area contributed by atoms with E-state index in [-0.39, 0.29) is 24.0 Å². The fourth-order valence-electron chi connectivity index (χ4n) is 1.51. The molecule has 1 aliphatic carbocycles. The Labute approximate surface area is 99.5 Å². The highest BCUT2D eigenvalue weighted by molar-refractivity contribution is 5.78. The van der Waals surface area contributed by atoms with E-state index in [0.717, 1.165) is 18.4 Å². The number of benzene rings is 1. The van der Waals surface area contributed by atoms with Crippen LogP contribution in [0.4, 0.5) is 0 Å². The number of aromatic hydroxyl groups is 2. The molecule has 17 heavy (non-hydrogen) atoms. The lowest BCUT2D eigenvalue weighted by Gasteiger charge is -2.06. The third-order valence-electron chi connectivity index (χ3n) is 2.60. The van der Waals surface area contributed by atoms with E-state index in [4.69, 9.17) is 5.11 Å². The summed E-state index contributed by atoms with van der Waals surface area (Å²) in [5.74, 6) is -0.289. The molecule has 0 atom stereocenters. The van der Waals surface area contributed by atoms with Crippen LogP contribution in [0.15, 0.2) is 18.2 Å². The van der Waals surface area contributed by atoms with Crippen LogP contribution < -0.4 is 10.6 Å². The van der Waals surface area contributed by atoms with Gasteiger partial charge in [-0.05, 0) is 30.5 Å². The summed E-state index contributed by atoms with van der Waals surface area (Å²) in [6, 6.07) is 4.97. The SMILES string of the molecule is O=C(CNCc1ccc(O)c(O)c1)NC1CC1. The first-order valence-corrected chi connectivity index (χ1v) is 5.66. The average molecular weight is 236 g/mol. The fourth-order valence-corrected chi connectivity index (χ4v) is 1.51. The normalized spacial score (nSPS) is 14.6. The molecule has 1 aromatic rings. The maximum Gasteiger partial charge on any atom is 0.234 e. The zero-order chi connectivity index (χ0) is 12.3. The molecule has 0 aliphatic heterocycles. The molecule has 0 bridgehead atoms. The van der Waals surface area contributed by atoms with E-state index < -0.39 is 0 Å². The number of phenols is 2. The van der Waals surface area contributed by atoms with Crippen molar-refractivity contribution < 1.29 is 15.0 Å². The first-order chi connectivity index (χ1) is 8.15. The number of hydrogen-bond donors (Lipinski definition) is 4. The lowest BCUT2D eigenvalue weighted by Crippen LogP contribution is -2.34. The molecule has 92 valence electrons. The number of nitrogens with one attached hydrogen (secondary N) is 2. The van der Waals surface area contributed by atoms with Gasteiger partial charge < -0.3 is 20.8 Å². The van der Waals surface area contributed by atoms with Crippen molar-refractivity contribution in [3.05, 3.63) is 23.8 Å². The van der Waals surface area contributed by atoms with Crippen LogP contribution in [-0.2, 0) is 11.3 Å². The van der Waals surface area contributed by atoms with Crippen LogP contribution >= 0.6 is 0 Å². The van der Waals surface area contributed by atoms with Crippen LogP contribution in [0.1, 0.15) is 18.4 Å². The molecule has 1 aromatic carbocycles. The number of phenolic OH excluding ortho intramolecular Hbond substituents is 2. The number of amides is 1. The van der Waals surface area contributed by atoms with Crippen LogP contribution in [-0.4, -0.2) is 28.7 Å². The topological polar surface area (TPSA) is 81.6 Å². The maximum absolute atomic E-state index is 11.3. The maximum atomic E-state index is 11.3. The van der Waals surface area contributed by atoms with Crippen LogP contribution in [0.2, 0.25) is 0 Å². The minimum Gasteiger partial charge on any atom is -0.504 e. The summed E-state index contributed by atoms with van der Waals surface area (Å²) in [7, 11) is 0. The quantitative estimate of drug-likeness (QED) is 0.560. The van der Waals surface area contributed by atoms with E-state index in [0.29, 0.717) is 12.6 Å². The summed E-state index contributed by atoms with van der Waals surface area (Å²) < 4.78 is 0. The van der Waals surface area contributed by atoms with Gasteiger partial charge in [0.2, 0.25) is 5.91 Å². The molecule has 0 spiro atoms. The second-order valence-electron chi connectivity index (χ2n) is 4.27. The third-order valence-corrected chi connectivity index (χ3v) is 2.60. The highest BCUT2D eigenvalue weighted by atomic mass is 16.3. The minimum absolute atomic E-state index is 0.00417. The Balaban J connectivity index is 1.73. The van der Waals surface area contributed by atoms with Crippen LogP contribution in [0.25, 0.3) is 0 Å².